The van der Waals surface area contributed by atoms with E-state index >= 15 is 0 Å². The van der Waals surface area contributed by atoms with E-state index in [1.54, 1.807) is 55.6 Å². The monoisotopic (exact) mass is 459 g/mol. The highest BCUT2D eigenvalue weighted by atomic mass is 32.1. The SMILES string of the molecule is COc1ccc(-c2csc(N(NC(=O)Nc3ccccc3)C(=O)Nc3ccccc3)n2)cc1. The van der Waals surface area contributed by atoms with Crippen molar-refractivity contribution in [2.45, 2.75) is 0 Å². The van der Waals surface area contributed by atoms with Crippen LogP contribution in [0.3, 0.4) is 0 Å². The third-order valence-corrected chi connectivity index (χ3v) is 5.37. The number of rotatable bonds is 5. The van der Waals surface area contributed by atoms with E-state index in [2.05, 4.69) is 21.0 Å². The van der Waals surface area contributed by atoms with Crippen molar-refractivity contribution in [3.05, 3.63) is 90.3 Å². The minimum Gasteiger partial charge on any atom is -0.497 e. The van der Waals surface area contributed by atoms with E-state index in [0.29, 0.717) is 22.2 Å². The van der Waals surface area contributed by atoms with Gasteiger partial charge >= 0.3 is 12.1 Å². The van der Waals surface area contributed by atoms with Crippen molar-refractivity contribution >= 4 is 39.9 Å². The summed E-state index contributed by atoms with van der Waals surface area (Å²) in [6.07, 6.45) is 0. The number of nitrogens with one attached hydrogen (secondary N) is 3. The van der Waals surface area contributed by atoms with Crippen LogP contribution in [0.2, 0.25) is 0 Å². The number of ether oxygens (including phenoxy) is 1. The van der Waals surface area contributed by atoms with Crippen LogP contribution in [-0.2, 0) is 0 Å². The van der Waals surface area contributed by atoms with Gasteiger partial charge in [0.05, 0.1) is 12.8 Å². The summed E-state index contributed by atoms with van der Waals surface area (Å²) >= 11 is 1.23. The van der Waals surface area contributed by atoms with Crippen molar-refractivity contribution in [3.63, 3.8) is 0 Å². The molecule has 166 valence electrons. The lowest BCUT2D eigenvalue weighted by Gasteiger charge is -2.21. The fourth-order valence-corrected chi connectivity index (χ4v) is 3.72. The Morgan fingerprint density at radius 3 is 2.06 bits per heavy atom. The molecular weight excluding hydrogens is 438 g/mol. The van der Waals surface area contributed by atoms with Crippen molar-refractivity contribution in [2.24, 2.45) is 0 Å². The lowest BCUT2D eigenvalue weighted by Crippen LogP contribution is -2.50. The van der Waals surface area contributed by atoms with Crippen molar-refractivity contribution in [3.8, 4) is 17.0 Å². The van der Waals surface area contributed by atoms with Gasteiger partial charge in [-0.2, -0.15) is 5.01 Å². The first kappa shape index (κ1) is 21.8. The topological polar surface area (TPSA) is 95.6 Å². The van der Waals surface area contributed by atoms with Crippen molar-refractivity contribution in [1.82, 2.24) is 10.4 Å². The van der Waals surface area contributed by atoms with Gasteiger partial charge in [0.25, 0.3) is 0 Å². The molecule has 4 aromatic rings. The quantitative estimate of drug-likeness (QED) is 0.339. The van der Waals surface area contributed by atoms with Crippen molar-refractivity contribution in [1.29, 1.82) is 0 Å². The van der Waals surface area contributed by atoms with E-state index in [9.17, 15) is 9.59 Å². The summed E-state index contributed by atoms with van der Waals surface area (Å²) in [5, 5.41) is 8.68. The molecule has 0 saturated carbocycles. The maximum absolute atomic E-state index is 13.1. The molecule has 4 amide bonds. The average Bonchev–Trinajstić information content (AvgIpc) is 3.34. The smallest absolute Gasteiger partial charge is 0.347 e. The van der Waals surface area contributed by atoms with Crippen LogP contribution in [0.5, 0.6) is 5.75 Å². The highest BCUT2D eigenvalue weighted by Crippen LogP contribution is 2.28. The summed E-state index contributed by atoms with van der Waals surface area (Å²) in [7, 11) is 1.60. The minimum absolute atomic E-state index is 0.303. The van der Waals surface area contributed by atoms with Gasteiger partial charge in [-0.1, -0.05) is 36.4 Å². The van der Waals surface area contributed by atoms with E-state index in [0.717, 1.165) is 16.3 Å². The normalized spacial score (nSPS) is 10.2. The standard InChI is InChI=1S/C24H21N5O3S/c1-32-20-14-12-17(13-15-20)21-16-33-24(27-21)29(23(31)26-19-10-6-3-7-11-19)28-22(30)25-18-8-4-2-5-9-18/h2-16H,1H3,(H,26,31)(H2,25,28,30). The molecule has 0 unspecified atom stereocenters. The van der Waals surface area contributed by atoms with Crippen molar-refractivity contribution in [2.75, 3.05) is 22.8 Å². The van der Waals surface area contributed by atoms with Gasteiger partial charge in [0.2, 0.25) is 5.13 Å². The molecule has 8 nitrogen and oxygen atoms in total. The third kappa shape index (κ3) is 5.66. The first-order valence-corrected chi connectivity index (χ1v) is 10.9. The van der Waals surface area contributed by atoms with E-state index in [1.165, 1.54) is 11.3 Å². The van der Waals surface area contributed by atoms with Gasteiger partial charge in [-0.05, 0) is 48.5 Å². The van der Waals surface area contributed by atoms with Crippen LogP contribution in [0.15, 0.2) is 90.3 Å². The summed E-state index contributed by atoms with van der Waals surface area (Å²) in [6.45, 7) is 0. The van der Waals surface area contributed by atoms with E-state index < -0.39 is 12.1 Å². The van der Waals surface area contributed by atoms with Gasteiger partial charge in [-0.15, -0.1) is 11.3 Å². The number of methoxy groups -OCH3 is 1. The molecule has 33 heavy (non-hydrogen) atoms. The highest BCUT2D eigenvalue weighted by molar-refractivity contribution is 7.14. The molecule has 0 radical (unpaired) electrons. The number of benzene rings is 3. The second-order valence-electron chi connectivity index (χ2n) is 6.81. The molecule has 9 heteroatoms. The number of anilines is 3. The fourth-order valence-electron chi connectivity index (χ4n) is 2.93. The highest BCUT2D eigenvalue weighted by Gasteiger charge is 2.22. The Balaban J connectivity index is 1.57. The molecule has 3 aromatic carbocycles. The largest absolute Gasteiger partial charge is 0.497 e. The van der Waals surface area contributed by atoms with Crippen molar-refractivity contribution < 1.29 is 14.3 Å². The zero-order valence-corrected chi connectivity index (χ0v) is 18.5. The Morgan fingerprint density at radius 1 is 0.848 bits per heavy atom. The zero-order valence-electron chi connectivity index (χ0n) is 17.7. The Hall–Kier alpha value is -4.37. The second kappa shape index (κ2) is 10.3. The van der Waals surface area contributed by atoms with Crippen LogP contribution in [0.4, 0.5) is 26.1 Å². The van der Waals surface area contributed by atoms with Gasteiger partial charge in [-0.3, -0.25) is 0 Å². The first-order valence-electron chi connectivity index (χ1n) is 10.0. The van der Waals surface area contributed by atoms with E-state index in [4.69, 9.17) is 4.74 Å². The number of aromatic nitrogens is 1. The van der Waals surface area contributed by atoms with E-state index in [1.807, 2.05) is 41.8 Å². The third-order valence-electron chi connectivity index (χ3n) is 4.54. The predicted octanol–water partition coefficient (Wildman–Crippen LogP) is 5.59. The molecule has 0 atom stereocenters. The summed E-state index contributed by atoms with van der Waals surface area (Å²) in [5.41, 5.74) is 5.29. The maximum Gasteiger partial charge on any atom is 0.347 e. The number of carbonyl (C=O) groups is 2. The molecule has 1 aromatic heterocycles. The van der Waals surface area contributed by atoms with Gasteiger partial charge in [-0.25, -0.2) is 20.0 Å². The Kier molecular flexibility index (Phi) is 6.81. The molecule has 0 spiro atoms. The number of hydrogen-bond donors (Lipinski definition) is 3. The van der Waals surface area contributed by atoms with Crippen LogP contribution < -0.4 is 25.8 Å². The Morgan fingerprint density at radius 2 is 1.45 bits per heavy atom. The number of para-hydroxylation sites is 2. The number of hydrogen-bond acceptors (Lipinski definition) is 5. The molecule has 0 saturated heterocycles. The molecule has 4 rings (SSSR count). The Bertz CT molecular complexity index is 1210. The second-order valence-corrected chi connectivity index (χ2v) is 7.64. The number of hydrazine groups is 1. The summed E-state index contributed by atoms with van der Waals surface area (Å²) in [4.78, 5) is 30.2. The number of carbonyl (C=O) groups excluding carboxylic acids is 2. The Labute approximate surface area is 194 Å². The molecule has 1 heterocycles. The fraction of sp³-hybridized carbons (Fsp3) is 0.0417. The summed E-state index contributed by atoms with van der Waals surface area (Å²) in [5.74, 6) is 0.734. The molecule has 0 aliphatic heterocycles. The van der Waals surface area contributed by atoms with Gasteiger partial charge in [0, 0.05) is 22.3 Å². The lowest BCUT2D eigenvalue weighted by atomic mass is 10.2. The molecule has 0 aliphatic rings. The van der Waals surface area contributed by atoms with Crippen LogP contribution >= 0.6 is 11.3 Å². The predicted molar refractivity (Wildman–Crippen MR) is 131 cm³/mol. The van der Waals surface area contributed by atoms with Crippen LogP contribution in [0, 0.1) is 0 Å². The van der Waals surface area contributed by atoms with Crippen LogP contribution in [-0.4, -0.2) is 24.2 Å². The zero-order chi connectivity index (χ0) is 23.0. The number of thiazole rings is 1. The molecular formula is C24H21N5O3S. The maximum atomic E-state index is 13.1. The number of urea groups is 2. The van der Waals surface area contributed by atoms with E-state index in [-0.39, 0.29) is 0 Å². The number of nitrogens with zero attached hydrogens (tertiary/aromatic N) is 2. The van der Waals surface area contributed by atoms with Crippen LogP contribution in [0.1, 0.15) is 0 Å². The first-order chi connectivity index (χ1) is 16.1. The minimum atomic E-state index is -0.578. The lowest BCUT2D eigenvalue weighted by molar-refractivity contribution is 0.243. The molecule has 3 N–H and O–H groups in total. The molecule has 0 aliphatic carbocycles. The molecule has 0 bridgehead atoms. The number of amides is 4. The van der Waals surface area contributed by atoms with Gasteiger partial charge in [0.15, 0.2) is 0 Å². The summed E-state index contributed by atoms with van der Waals surface area (Å²) < 4.78 is 5.20. The molecule has 0 fully saturated rings. The summed E-state index contributed by atoms with van der Waals surface area (Å²) in [6, 6.07) is 24.2. The van der Waals surface area contributed by atoms with Crippen LogP contribution in [0.25, 0.3) is 11.3 Å². The average molecular weight is 460 g/mol. The van der Waals surface area contributed by atoms with Gasteiger partial charge < -0.3 is 15.4 Å². The van der Waals surface area contributed by atoms with Gasteiger partial charge in [0.1, 0.15) is 5.75 Å².